The summed E-state index contributed by atoms with van der Waals surface area (Å²) >= 11 is 0. The topological polar surface area (TPSA) is 95.1 Å². The summed E-state index contributed by atoms with van der Waals surface area (Å²) in [5.41, 5.74) is 5.59. The quantitative estimate of drug-likeness (QED) is 0.360. The van der Waals surface area contributed by atoms with E-state index in [0.717, 1.165) is 43.1 Å². The molecule has 0 saturated heterocycles. The van der Waals surface area contributed by atoms with Crippen LogP contribution < -0.4 is 16.0 Å². The Morgan fingerprint density at radius 1 is 1.11 bits per heavy atom. The Kier molecular flexibility index (Phi) is 7.88. The van der Waals surface area contributed by atoms with Crippen molar-refractivity contribution in [2.45, 2.75) is 59.0 Å². The first-order valence-electron chi connectivity index (χ1n) is 12.8. The zero-order chi connectivity index (χ0) is 26.6. The summed E-state index contributed by atoms with van der Waals surface area (Å²) in [7, 11) is 0. The van der Waals surface area contributed by atoms with Crippen LogP contribution in [0.15, 0.2) is 55.4 Å². The van der Waals surface area contributed by atoms with Crippen LogP contribution in [0.25, 0.3) is 0 Å². The van der Waals surface area contributed by atoms with E-state index in [1.807, 2.05) is 38.1 Å². The minimum Gasteiger partial charge on any atom is -0.350 e. The Morgan fingerprint density at radius 2 is 1.89 bits per heavy atom. The van der Waals surface area contributed by atoms with E-state index in [1.165, 1.54) is 11.1 Å². The maximum Gasteiger partial charge on any atom is 0.256 e. The molecule has 0 saturated carbocycles. The fourth-order valence-corrected chi connectivity index (χ4v) is 4.26. The molecule has 3 heterocycles. The molecule has 37 heavy (non-hydrogen) atoms. The molecule has 1 aliphatic heterocycles. The van der Waals surface area contributed by atoms with Gasteiger partial charge >= 0.3 is 0 Å². The van der Waals surface area contributed by atoms with Gasteiger partial charge in [-0.1, -0.05) is 32.9 Å². The molecule has 0 aliphatic carbocycles. The van der Waals surface area contributed by atoms with Gasteiger partial charge in [-0.2, -0.15) is 4.98 Å². The van der Waals surface area contributed by atoms with E-state index in [4.69, 9.17) is 4.98 Å². The normalized spacial score (nSPS) is 13.7. The number of amides is 1. The van der Waals surface area contributed by atoms with Crippen LogP contribution >= 0.6 is 0 Å². The van der Waals surface area contributed by atoms with Crippen molar-refractivity contribution < 1.29 is 4.79 Å². The Balaban J connectivity index is 1.61. The number of carbonyl (C=O) groups is 1. The van der Waals surface area contributed by atoms with Crippen molar-refractivity contribution >= 4 is 29.0 Å². The number of carbonyl (C=O) groups excluding carboxylic acids is 1. The van der Waals surface area contributed by atoms with Gasteiger partial charge in [0.1, 0.15) is 11.4 Å². The van der Waals surface area contributed by atoms with Crippen LogP contribution in [-0.4, -0.2) is 44.9 Å². The average Bonchev–Trinajstić information content (AvgIpc) is 2.84. The molecule has 0 atom stereocenters. The molecule has 8 heteroatoms. The van der Waals surface area contributed by atoms with E-state index >= 15 is 0 Å². The van der Waals surface area contributed by atoms with Crippen molar-refractivity contribution in [1.82, 2.24) is 25.2 Å². The summed E-state index contributed by atoms with van der Waals surface area (Å²) in [4.78, 5) is 29.0. The Bertz CT molecular complexity index is 1280. The molecular weight excluding hydrogens is 462 g/mol. The first-order chi connectivity index (χ1) is 17.6. The van der Waals surface area contributed by atoms with Gasteiger partial charge in [-0.3, -0.25) is 14.7 Å². The highest BCUT2D eigenvalue weighted by Gasteiger charge is 2.20. The fraction of sp³-hybridized carbons (Fsp3) is 0.379. The van der Waals surface area contributed by atoms with E-state index in [-0.39, 0.29) is 17.4 Å². The van der Waals surface area contributed by atoms with Crippen LogP contribution in [0.5, 0.6) is 0 Å². The SMILES string of the molecule is C=CCN1CCc2cc(Nc3ncc(C(=O)NC(C)C)c(Nc4ccnc(C(C)(C)C)c4)n3)ccc2C1. The highest BCUT2D eigenvalue weighted by Crippen LogP contribution is 2.27. The number of pyridine rings is 1. The fourth-order valence-electron chi connectivity index (χ4n) is 4.26. The van der Waals surface area contributed by atoms with Gasteiger partial charge in [-0.05, 0) is 55.7 Å². The number of anilines is 4. The second kappa shape index (κ2) is 11.1. The number of nitrogens with one attached hydrogen (secondary N) is 3. The molecule has 1 aromatic carbocycles. The van der Waals surface area contributed by atoms with Gasteiger partial charge in [0.25, 0.3) is 5.91 Å². The maximum atomic E-state index is 12.9. The third kappa shape index (κ3) is 6.71. The second-order valence-corrected chi connectivity index (χ2v) is 10.8. The van der Waals surface area contributed by atoms with Gasteiger partial charge in [0, 0.05) is 60.6 Å². The van der Waals surface area contributed by atoms with E-state index in [0.29, 0.717) is 17.3 Å². The summed E-state index contributed by atoms with van der Waals surface area (Å²) in [6.07, 6.45) is 6.26. The van der Waals surface area contributed by atoms with E-state index < -0.39 is 0 Å². The van der Waals surface area contributed by atoms with Crippen LogP contribution in [-0.2, 0) is 18.4 Å². The summed E-state index contributed by atoms with van der Waals surface area (Å²) in [6.45, 7) is 16.9. The molecule has 194 valence electrons. The van der Waals surface area contributed by atoms with Crippen molar-refractivity contribution in [2.24, 2.45) is 0 Å². The van der Waals surface area contributed by atoms with Gasteiger partial charge in [0.05, 0.1) is 0 Å². The predicted molar refractivity (Wildman–Crippen MR) is 150 cm³/mol. The molecule has 0 bridgehead atoms. The third-order valence-corrected chi connectivity index (χ3v) is 6.19. The largest absolute Gasteiger partial charge is 0.350 e. The number of hydrogen-bond donors (Lipinski definition) is 3. The van der Waals surface area contributed by atoms with Crippen LogP contribution in [0.3, 0.4) is 0 Å². The zero-order valence-electron chi connectivity index (χ0n) is 22.4. The number of aromatic nitrogens is 3. The minimum atomic E-state index is -0.230. The Morgan fingerprint density at radius 3 is 2.62 bits per heavy atom. The van der Waals surface area contributed by atoms with Gasteiger partial charge < -0.3 is 16.0 Å². The number of benzene rings is 1. The highest BCUT2D eigenvalue weighted by atomic mass is 16.1. The zero-order valence-corrected chi connectivity index (χ0v) is 22.4. The van der Waals surface area contributed by atoms with Crippen molar-refractivity contribution in [3.05, 3.63) is 77.8 Å². The Hall–Kier alpha value is -3.78. The van der Waals surface area contributed by atoms with Crippen molar-refractivity contribution in [1.29, 1.82) is 0 Å². The smallest absolute Gasteiger partial charge is 0.256 e. The monoisotopic (exact) mass is 499 g/mol. The number of rotatable bonds is 8. The van der Waals surface area contributed by atoms with Crippen molar-refractivity contribution in [3.63, 3.8) is 0 Å². The van der Waals surface area contributed by atoms with Gasteiger partial charge in [-0.25, -0.2) is 4.98 Å². The molecule has 1 aliphatic rings. The van der Waals surface area contributed by atoms with Crippen LogP contribution in [0.2, 0.25) is 0 Å². The Labute approximate surface area is 219 Å². The average molecular weight is 500 g/mol. The third-order valence-electron chi connectivity index (χ3n) is 6.19. The van der Waals surface area contributed by atoms with Crippen LogP contribution in [0.4, 0.5) is 23.1 Å². The van der Waals surface area contributed by atoms with Gasteiger partial charge in [0.15, 0.2) is 0 Å². The van der Waals surface area contributed by atoms with Gasteiger partial charge in [0.2, 0.25) is 5.95 Å². The van der Waals surface area contributed by atoms with Crippen LogP contribution in [0.1, 0.15) is 61.8 Å². The second-order valence-electron chi connectivity index (χ2n) is 10.8. The molecule has 3 N–H and O–H groups in total. The van der Waals surface area contributed by atoms with Crippen molar-refractivity contribution in [3.8, 4) is 0 Å². The van der Waals surface area contributed by atoms with Crippen LogP contribution in [0, 0.1) is 0 Å². The number of fused-ring (bicyclic) bond motifs is 1. The lowest BCUT2D eigenvalue weighted by Crippen LogP contribution is -2.31. The van der Waals surface area contributed by atoms with E-state index in [9.17, 15) is 4.79 Å². The molecule has 0 spiro atoms. The molecule has 0 fully saturated rings. The maximum absolute atomic E-state index is 12.9. The summed E-state index contributed by atoms with van der Waals surface area (Å²) in [6, 6.07) is 10.2. The number of nitrogens with zero attached hydrogens (tertiary/aromatic N) is 4. The molecule has 1 amide bonds. The van der Waals surface area contributed by atoms with Gasteiger partial charge in [-0.15, -0.1) is 6.58 Å². The molecule has 4 rings (SSSR count). The van der Waals surface area contributed by atoms with Crippen molar-refractivity contribution in [2.75, 3.05) is 23.7 Å². The molecule has 3 aromatic rings. The first kappa shape index (κ1) is 26.3. The van der Waals surface area contributed by atoms with E-state index in [2.05, 4.69) is 70.3 Å². The first-order valence-corrected chi connectivity index (χ1v) is 12.8. The summed E-state index contributed by atoms with van der Waals surface area (Å²) in [5.74, 6) is 0.615. The number of hydrogen-bond acceptors (Lipinski definition) is 7. The minimum absolute atomic E-state index is 0.00975. The summed E-state index contributed by atoms with van der Waals surface area (Å²) < 4.78 is 0. The predicted octanol–water partition coefficient (Wildman–Crippen LogP) is 5.34. The summed E-state index contributed by atoms with van der Waals surface area (Å²) in [5, 5.41) is 9.58. The lowest BCUT2D eigenvalue weighted by molar-refractivity contribution is 0.0943. The lowest BCUT2D eigenvalue weighted by Gasteiger charge is -2.28. The standard InChI is InChI=1S/C29H37N7O/c1-7-13-36-14-11-20-15-22(9-8-21(20)18-36)34-28-31-17-24(27(37)32-19(2)3)26(35-28)33-23-10-12-30-25(16-23)29(4,5)6/h7-10,12,15-17,19H,1,11,13-14,18H2,2-6H3,(H,32,37)(H2,30,31,33,34,35). The molecule has 0 unspecified atom stereocenters. The highest BCUT2D eigenvalue weighted by molar-refractivity contribution is 5.99. The lowest BCUT2D eigenvalue weighted by atomic mass is 9.91. The molecular formula is C29H37N7O. The molecule has 2 aromatic heterocycles. The molecule has 8 nitrogen and oxygen atoms in total. The van der Waals surface area contributed by atoms with E-state index in [1.54, 1.807) is 12.4 Å². The molecule has 0 radical (unpaired) electrons.